The molecule has 1 aromatic carbocycles. The van der Waals surface area contributed by atoms with Crippen LogP contribution in [0.2, 0.25) is 0 Å². The van der Waals surface area contributed by atoms with E-state index in [9.17, 15) is 9.59 Å². The molecule has 0 bridgehead atoms. The molecule has 1 radical (unpaired) electrons. The van der Waals surface area contributed by atoms with Crippen LogP contribution in [0.15, 0.2) is 24.3 Å². The number of anilines is 1. The molecular formula is C12H14N4O2+. The Kier molecular flexibility index (Phi) is 2.88. The molecule has 1 saturated carbocycles. The minimum atomic E-state index is -0.876. The van der Waals surface area contributed by atoms with Gasteiger partial charge in [0.25, 0.3) is 5.91 Å². The van der Waals surface area contributed by atoms with E-state index >= 15 is 0 Å². The Hall–Kier alpha value is -2.21. The predicted octanol–water partition coefficient (Wildman–Crippen LogP) is -0.0834. The molecule has 2 rings (SSSR count). The van der Waals surface area contributed by atoms with Gasteiger partial charge in [-0.3, -0.25) is 10.2 Å². The Morgan fingerprint density at radius 1 is 1.28 bits per heavy atom. The van der Waals surface area contributed by atoms with Crippen LogP contribution in [0.4, 0.5) is 5.69 Å². The van der Waals surface area contributed by atoms with Crippen LogP contribution >= 0.6 is 0 Å². The molecule has 1 aliphatic carbocycles. The van der Waals surface area contributed by atoms with Gasteiger partial charge in [0, 0.05) is 30.5 Å². The number of hydrogen-bond donors (Lipinski definition) is 3. The lowest BCUT2D eigenvalue weighted by atomic mass is 10.1. The topological polar surface area (TPSA) is 116 Å². The van der Waals surface area contributed by atoms with Crippen molar-refractivity contribution in [3.8, 4) is 0 Å². The highest BCUT2D eigenvalue weighted by molar-refractivity contribution is 5.96. The van der Waals surface area contributed by atoms with Gasteiger partial charge < -0.3 is 11.5 Å². The van der Waals surface area contributed by atoms with Gasteiger partial charge in [-0.05, 0) is 12.1 Å². The largest absolute Gasteiger partial charge is 0.384 e. The monoisotopic (exact) mass is 246 g/mol. The molecule has 5 N–H and O–H groups in total. The maximum Gasteiger partial charge on any atom is 0.355 e. The molecule has 2 amide bonds. The molecule has 93 valence electrons. The van der Waals surface area contributed by atoms with Crippen LogP contribution in [0, 0.1) is 5.41 Å². The number of nitrogen functional groups attached to an aromatic ring is 1. The van der Waals surface area contributed by atoms with Gasteiger partial charge in [-0.2, -0.15) is 0 Å². The van der Waals surface area contributed by atoms with Gasteiger partial charge in [-0.1, -0.05) is 4.90 Å². The number of carbonyl (C=O) groups excluding carboxylic acids is 2. The third-order valence-corrected chi connectivity index (χ3v) is 3.21. The van der Waals surface area contributed by atoms with Gasteiger partial charge in [-0.25, -0.2) is 4.79 Å². The summed E-state index contributed by atoms with van der Waals surface area (Å²) in [5, 5.41) is 7.28. The Morgan fingerprint density at radius 3 is 2.17 bits per heavy atom. The quantitative estimate of drug-likeness (QED) is 0.292. The first kappa shape index (κ1) is 12.3. The van der Waals surface area contributed by atoms with E-state index in [1.165, 1.54) is 4.90 Å². The van der Waals surface area contributed by atoms with Crippen LogP contribution < -0.4 is 16.4 Å². The van der Waals surface area contributed by atoms with E-state index in [1.54, 1.807) is 24.3 Å². The Balaban J connectivity index is 2.32. The van der Waals surface area contributed by atoms with Crippen molar-refractivity contribution in [1.29, 1.82) is 5.41 Å². The standard InChI is InChI=1S/C12H14N4O2/c13-10(14)8-1-3-9(4-2-8)16(7-17)12(5-6-12)11(15)18/h1-4,7H,5-6H2,(H3,13,14)(H2,15,18)/q+1. The molecule has 0 aliphatic heterocycles. The van der Waals surface area contributed by atoms with Gasteiger partial charge >= 0.3 is 6.41 Å². The number of hydrogen-bond acceptors (Lipinski definition) is 3. The average molecular weight is 246 g/mol. The molecule has 1 aromatic rings. The van der Waals surface area contributed by atoms with E-state index in [1.807, 2.05) is 0 Å². The third kappa shape index (κ3) is 1.86. The molecule has 6 nitrogen and oxygen atoms in total. The molecule has 18 heavy (non-hydrogen) atoms. The van der Waals surface area contributed by atoms with Crippen molar-refractivity contribution >= 4 is 23.8 Å². The lowest BCUT2D eigenvalue weighted by molar-refractivity contribution is -0.125. The molecule has 1 fully saturated rings. The fourth-order valence-electron chi connectivity index (χ4n) is 1.93. The summed E-state index contributed by atoms with van der Waals surface area (Å²) >= 11 is 0. The lowest BCUT2D eigenvalue weighted by Crippen LogP contribution is -2.47. The van der Waals surface area contributed by atoms with E-state index in [2.05, 4.69) is 0 Å². The zero-order chi connectivity index (χ0) is 13.3. The number of benzene rings is 1. The molecule has 0 aromatic heterocycles. The zero-order valence-corrected chi connectivity index (χ0v) is 9.72. The summed E-state index contributed by atoms with van der Waals surface area (Å²) in [4.78, 5) is 23.9. The van der Waals surface area contributed by atoms with Gasteiger partial charge in [0.05, 0.1) is 0 Å². The van der Waals surface area contributed by atoms with Crippen molar-refractivity contribution in [1.82, 2.24) is 4.90 Å². The molecule has 0 unspecified atom stereocenters. The minimum Gasteiger partial charge on any atom is -0.384 e. The van der Waals surface area contributed by atoms with Crippen molar-refractivity contribution in [2.75, 3.05) is 0 Å². The highest BCUT2D eigenvalue weighted by Gasteiger charge is 2.63. The van der Waals surface area contributed by atoms with E-state index in [0.29, 0.717) is 30.5 Å². The molecular weight excluding hydrogens is 232 g/mol. The smallest absolute Gasteiger partial charge is 0.355 e. The van der Waals surface area contributed by atoms with Crippen molar-refractivity contribution in [2.24, 2.45) is 11.5 Å². The second-order valence-electron chi connectivity index (χ2n) is 4.33. The summed E-state index contributed by atoms with van der Waals surface area (Å²) in [6.07, 6.45) is 1.77. The zero-order valence-electron chi connectivity index (χ0n) is 9.72. The van der Waals surface area contributed by atoms with E-state index < -0.39 is 11.4 Å². The second kappa shape index (κ2) is 4.23. The van der Waals surface area contributed by atoms with E-state index in [4.69, 9.17) is 16.9 Å². The number of rotatable bonds is 5. The van der Waals surface area contributed by atoms with Crippen molar-refractivity contribution in [3.05, 3.63) is 29.8 Å². The Bertz CT molecular complexity index is 505. The van der Waals surface area contributed by atoms with Crippen LogP contribution in [-0.4, -0.2) is 23.7 Å². The van der Waals surface area contributed by atoms with Crippen LogP contribution in [-0.2, 0) is 9.59 Å². The molecule has 0 spiro atoms. The SMILES string of the molecule is N=C(N)c1ccc([N+](C=O)C2(C(N)=O)CC2)cc1. The minimum absolute atomic E-state index is 0.0461. The van der Waals surface area contributed by atoms with Crippen LogP contribution in [0.25, 0.3) is 0 Å². The van der Waals surface area contributed by atoms with Gasteiger partial charge in [0.15, 0.2) is 5.69 Å². The number of amidine groups is 1. The summed E-state index contributed by atoms with van der Waals surface area (Å²) in [7, 11) is 0. The molecule has 1 aliphatic rings. The van der Waals surface area contributed by atoms with E-state index in [0.717, 1.165) is 0 Å². The summed E-state index contributed by atoms with van der Waals surface area (Å²) < 4.78 is 0. The first-order valence-corrected chi connectivity index (χ1v) is 5.50. The maximum absolute atomic E-state index is 11.4. The summed E-state index contributed by atoms with van der Waals surface area (Å²) in [6.45, 7) is 0. The van der Waals surface area contributed by atoms with Crippen LogP contribution in [0.1, 0.15) is 18.4 Å². The Labute approximate surface area is 104 Å². The Morgan fingerprint density at radius 2 is 1.83 bits per heavy atom. The normalized spacial score (nSPS) is 16.3. The molecule has 6 heteroatoms. The highest BCUT2D eigenvalue weighted by atomic mass is 16.2. The lowest BCUT2D eigenvalue weighted by Gasteiger charge is -2.12. The summed E-state index contributed by atoms with van der Waals surface area (Å²) in [6, 6.07) is 6.55. The van der Waals surface area contributed by atoms with Crippen molar-refractivity contribution < 1.29 is 9.59 Å². The molecule has 0 heterocycles. The summed E-state index contributed by atoms with van der Waals surface area (Å²) in [5.41, 5.74) is 10.9. The van der Waals surface area contributed by atoms with Crippen molar-refractivity contribution in [3.63, 3.8) is 0 Å². The summed E-state index contributed by atoms with van der Waals surface area (Å²) in [5.74, 6) is -0.541. The van der Waals surface area contributed by atoms with Crippen LogP contribution in [0.3, 0.4) is 0 Å². The first-order chi connectivity index (χ1) is 8.51. The number of amides is 2. The second-order valence-corrected chi connectivity index (χ2v) is 4.33. The molecule has 0 saturated heterocycles. The number of nitrogens with one attached hydrogen (secondary N) is 1. The van der Waals surface area contributed by atoms with Gasteiger partial charge in [0.2, 0.25) is 5.54 Å². The average Bonchev–Trinajstić information content (AvgIpc) is 3.12. The van der Waals surface area contributed by atoms with Gasteiger partial charge in [0.1, 0.15) is 5.84 Å². The predicted molar refractivity (Wildman–Crippen MR) is 66.5 cm³/mol. The first-order valence-electron chi connectivity index (χ1n) is 5.50. The third-order valence-electron chi connectivity index (χ3n) is 3.21. The molecule has 0 atom stereocenters. The fraction of sp³-hybridized carbons (Fsp3) is 0.250. The number of nitrogens with zero attached hydrogens (tertiary/aromatic N) is 1. The number of nitrogens with two attached hydrogens (primary N) is 2. The fourth-order valence-corrected chi connectivity index (χ4v) is 1.93. The maximum atomic E-state index is 11.4. The number of carbonyl (C=O) groups is 2. The van der Waals surface area contributed by atoms with Crippen molar-refractivity contribution in [2.45, 2.75) is 18.4 Å². The van der Waals surface area contributed by atoms with Crippen LogP contribution in [0.5, 0.6) is 0 Å². The van der Waals surface area contributed by atoms with Gasteiger partial charge in [-0.15, -0.1) is 0 Å². The highest BCUT2D eigenvalue weighted by Crippen LogP contribution is 2.42. The number of primary amides is 1. The van der Waals surface area contributed by atoms with E-state index in [-0.39, 0.29) is 5.84 Å².